The number of likely N-dealkylation sites (tertiary alicyclic amines) is 1. The van der Waals surface area contributed by atoms with Gasteiger partial charge in [-0.05, 0) is 29.3 Å². The van der Waals surface area contributed by atoms with Gasteiger partial charge in [0.1, 0.15) is 6.61 Å². The highest BCUT2D eigenvalue weighted by atomic mass is 79.9. The van der Waals surface area contributed by atoms with E-state index in [0.29, 0.717) is 12.5 Å². The summed E-state index contributed by atoms with van der Waals surface area (Å²) in [5.74, 6) is 0.428. The second-order valence-electron chi connectivity index (χ2n) is 4.71. The van der Waals surface area contributed by atoms with Gasteiger partial charge in [-0.15, -0.1) is 0 Å². The van der Waals surface area contributed by atoms with Crippen molar-refractivity contribution in [2.75, 3.05) is 13.1 Å². The van der Waals surface area contributed by atoms with Gasteiger partial charge in [0.15, 0.2) is 0 Å². The fourth-order valence-corrected chi connectivity index (χ4v) is 2.68. The Morgan fingerprint density at radius 2 is 2.21 bits per heavy atom. The highest BCUT2D eigenvalue weighted by molar-refractivity contribution is 9.11. The molecule has 0 aromatic heterocycles. The highest BCUT2D eigenvalue weighted by Gasteiger charge is 2.22. The van der Waals surface area contributed by atoms with E-state index in [2.05, 4.69) is 22.0 Å². The van der Waals surface area contributed by atoms with Crippen molar-refractivity contribution in [3.63, 3.8) is 0 Å². The van der Waals surface area contributed by atoms with Gasteiger partial charge in [0, 0.05) is 13.1 Å². The molecular formula is C15H18BrNO2. The number of benzene rings is 1. The molecule has 0 spiro atoms. The van der Waals surface area contributed by atoms with Crippen molar-refractivity contribution in [2.45, 2.75) is 19.4 Å². The van der Waals surface area contributed by atoms with Crippen molar-refractivity contribution in [3.8, 4) is 0 Å². The lowest BCUT2D eigenvalue weighted by atomic mass is 9.99. The standard InChI is InChI=1S/C15H18BrNO2/c16-9-8-13-7-4-10-17(11-13)15(18)19-12-14-5-2-1-3-6-14/h1-3,5-6,8-9,13H,4,7,10-12H2. The fraction of sp³-hybridized carbons (Fsp3) is 0.400. The first kappa shape index (κ1) is 14.1. The van der Waals surface area contributed by atoms with Gasteiger partial charge in [0.05, 0.1) is 0 Å². The summed E-state index contributed by atoms with van der Waals surface area (Å²) in [6.45, 7) is 1.88. The molecule has 1 unspecified atom stereocenters. The number of hydrogen-bond donors (Lipinski definition) is 0. The Hall–Kier alpha value is -1.29. The van der Waals surface area contributed by atoms with Crippen LogP contribution in [0.2, 0.25) is 0 Å². The van der Waals surface area contributed by atoms with E-state index in [-0.39, 0.29) is 6.09 Å². The molecule has 1 heterocycles. The molecule has 4 heteroatoms. The van der Waals surface area contributed by atoms with Crippen molar-refractivity contribution in [2.24, 2.45) is 5.92 Å². The lowest BCUT2D eigenvalue weighted by Gasteiger charge is -2.30. The summed E-state index contributed by atoms with van der Waals surface area (Å²) in [5.41, 5.74) is 1.02. The number of carbonyl (C=O) groups is 1. The molecule has 1 saturated heterocycles. The molecule has 102 valence electrons. The maximum Gasteiger partial charge on any atom is 0.410 e. The van der Waals surface area contributed by atoms with Crippen LogP contribution in [0, 0.1) is 5.92 Å². The zero-order valence-corrected chi connectivity index (χ0v) is 12.4. The minimum Gasteiger partial charge on any atom is -0.445 e. The first-order chi connectivity index (χ1) is 9.29. The third-order valence-corrected chi connectivity index (χ3v) is 3.57. The van der Waals surface area contributed by atoms with Crippen LogP contribution in [0.25, 0.3) is 0 Å². The van der Waals surface area contributed by atoms with Gasteiger partial charge >= 0.3 is 6.09 Å². The maximum atomic E-state index is 12.0. The average molecular weight is 324 g/mol. The van der Waals surface area contributed by atoms with Gasteiger partial charge in [0.2, 0.25) is 0 Å². The molecule has 1 aromatic rings. The third-order valence-electron chi connectivity index (χ3n) is 3.27. The predicted molar refractivity (Wildman–Crippen MR) is 79.0 cm³/mol. The van der Waals surface area contributed by atoms with Gasteiger partial charge in [-0.2, -0.15) is 0 Å². The largest absolute Gasteiger partial charge is 0.445 e. The number of carbonyl (C=O) groups excluding carboxylic acids is 1. The van der Waals surface area contributed by atoms with Crippen molar-refractivity contribution in [3.05, 3.63) is 47.0 Å². The molecule has 0 aliphatic carbocycles. The van der Waals surface area contributed by atoms with Crippen LogP contribution >= 0.6 is 15.9 Å². The lowest BCUT2D eigenvalue weighted by Crippen LogP contribution is -2.39. The molecule has 1 amide bonds. The molecule has 19 heavy (non-hydrogen) atoms. The van der Waals surface area contributed by atoms with Crippen LogP contribution in [-0.2, 0) is 11.3 Å². The average Bonchev–Trinajstić information content (AvgIpc) is 2.46. The summed E-state index contributed by atoms with van der Waals surface area (Å²) in [7, 11) is 0. The first-order valence-electron chi connectivity index (χ1n) is 6.52. The van der Waals surface area contributed by atoms with E-state index in [1.165, 1.54) is 0 Å². The highest BCUT2D eigenvalue weighted by Crippen LogP contribution is 2.19. The molecule has 1 fully saturated rings. The van der Waals surface area contributed by atoms with E-state index in [9.17, 15) is 4.79 Å². The van der Waals surface area contributed by atoms with Gasteiger partial charge < -0.3 is 9.64 Å². The number of ether oxygens (including phenoxy) is 1. The van der Waals surface area contributed by atoms with Gasteiger partial charge in [-0.3, -0.25) is 0 Å². The number of piperidine rings is 1. The molecule has 0 N–H and O–H groups in total. The molecule has 1 aliphatic rings. The fourth-order valence-electron chi connectivity index (χ4n) is 2.25. The topological polar surface area (TPSA) is 29.5 Å². The SMILES string of the molecule is O=C(OCc1ccccc1)N1CCCC(C=CBr)C1. The number of amides is 1. The number of nitrogens with zero attached hydrogens (tertiary/aromatic N) is 1. The quantitative estimate of drug-likeness (QED) is 0.843. The summed E-state index contributed by atoms with van der Waals surface area (Å²) in [6, 6.07) is 9.76. The van der Waals surface area contributed by atoms with Crippen LogP contribution in [0.3, 0.4) is 0 Å². The van der Waals surface area contributed by atoms with E-state index in [4.69, 9.17) is 4.74 Å². The van der Waals surface area contributed by atoms with Gasteiger partial charge in [0.25, 0.3) is 0 Å². The number of hydrogen-bond acceptors (Lipinski definition) is 2. The van der Waals surface area contributed by atoms with E-state index in [1.54, 1.807) is 4.90 Å². The molecule has 2 rings (SSSR count). The van der Waals surface area contributed by atoms with Crippen LogP contribution in [0.4, 0.5) is 4.79 Å². The zero-order chi connectivity index (χ0) is 13.5. The van der Waals surface area contributed by atoms with E-state index < -0.39 is 0 Å². The molecule has 0 bridgehead atoms. The van der Waals surface area contributed by atoms with Crippen LogP contribution in [0.5, 0.6) is 0 Å². The van der Waals surface area contributed by atoms with Crippen LogP contribution in [0.1, 0.15) is 18.4 Å². The lowest BCUT2D eigenvalue weighted by molar-refractivity contribution is 0.0836. The monoisotopic (exact) mass is 323 g/mol. The van der Waals surface area contributed by atoms with E-state index in [1.807, 2.05) is 35.3 Å². The Balaban J connectivity index is 1.82. The summed E-state index contributed by atoms with van der Waals surface area (Å²) in [4.78, 5) is 15.7. The summed E-state index contributed by atoms with van der Waals surface area (Å²) >= 11 is 3.29. The van der Waals surface area contributed by atoms with Crippen molar-refractivity contribution < 1.29 is 9.53 Å². The molecular weight excluding hydrogens is 306 g/mol. The van der Waals surface area contributed by atoms with Gasteiger partial charge in [-0.25, -0.2) is 4.79 Å². The van der Waals surface area contributed by atoms with Crippen molar-refractivity contribution in [1.29, 1.82) is 0 Å². The number of halogens is 1. The molecule has 1 atom stereocenters. The Morgan fingerprint density at radius 1 is 1.42 bits per heavy atom. The molecule has 0 saturated carbocycles. The third kappa shape index (κ3) is 4.39. The normalized spacial score (nSPS) is 19.6. The maximum absolute atomic E-state index is 12.0. The Labute approximate surface area is 122 Å². The van der Waals surface area contributed by atoms with E-state index >= 15 is 0 Å². The second-order valence-corrected chi connectivity index (χ2v) is 5.24. The molecule has 1 aliphatic heterocycles. The summed E-state index contributed by atoms with van der Waals surface area (Å²) < 4.78 is 5.35. The molecule has 3 nitrogen and oxygen atoms in total. The van der Waals surface area contributed by atoms with Gasteiger partial charge in [-0.1, -0.05) is 52.3 Å². The van der Waals surface area contributed by atoms with Crippen molar-refractivity contribution in [1.82, 2.24) is 4.90 Å². The second kappa shape index (κ2) is 7.34. The molecule has 0 radical (unpaired) electrons. The Bertz CT molecular complexity index is 433. The van der Waals surface area contributed by atoms with Crippen LogP contribution < -0.4 is 0 Å². The number of rotatable bonds is 3. The van der Waals surface area contributed by atoms with Crippen LogP contribution in [-0.4, -0.2) is 24.1 Å². The van der Waals surface area contributed by atoms with Crippen LogP contribution in [0.15, 0.2) is 41.4 Å². The Morgan fingerprint density at radius 3 is 2.95 bits per heavy atom. The predicted octanol–water partition coefficient (Wildman–Crippen LogP) is 3.94. The molecule has 1 aromatic carbocycles. The zero-order valence-electron chi connectivity index (χ0n) is 10.8. The minimum atomic E-state index is -0.212. The van der Waals surface area contributed by atoms with Crippen molar-refractivity contribution >= 4 is 22.0 Å². The minimum absolute atomic E-state index is 0.212. The first-order valence-corrected chi connectivity index (χ1v) is 7.43. The smallest absolute Gasteiger partial charge is 0.410 e. The Kier molecular flexibility index (Phi) is 5.45. The summed E-state index contributed by atoms with van der Waals surface area (Å²) in [5, 5.41) is 0. The van der Waals surface area contributed by atoms with E-state index in [0.717, 1.165) is 31.5 Å². The summed E-state index contributed by atoms with van der Waals surface area (Å²) in [6.07, 6.45) is 4.04.